The zero-order valence-electron chi connectivity index (χ0n) is 19.6. The van der Waals surface area contributed by atoms with Crippen molar-refractivity contribution in [3.8, 4) is 0 Å². The molecule has 4 aromatic rings. The zero-order valence-corrected chi connectivity index (χ0v) is 21.9. The minimum Gasteiger partial charge on any atom is -0.405 e. The van der Waals surface area contributed by atoms with Crippen molar-refractivity contribution in [1.29, 1.82) is 0 Å². The Morgan fingerprint density at radius 1 is 0.838 bits per heavy atom. The van der Waals surface area contributed by atoms with Crippen LogP contribution in [0, 0.1) is 0 Å². The Morgan fingerprint density at radius 2 is 1.46 bits per heavy atom. The molecule has 0 aromatic heterocycles. The van der Waals surface area contributed by atoms with Crippen molar-refractivity contribution in [2.24, 2.45) is 4.99 Å². The predicted molar refractivity (Wildman–Crippen MR) is 149 cm³/mol. The summed E-state index contributed by atoms with van der Waals surface area (Å²) in [5.74, 6) is -1.71. The van der Waals surface area contributed by atoms with E-state index in [0.717, 1.165) is 21.9 Å². The van der Waals surface area contributed by atoms with E-state index < -0.39 is 27.0 Å². The molecule has 186 valence electrons. The molecule has 0 fully saturated rings. The highest BCUT2D eigenvalue weighted by Gasteiger charge is 2.54. The molecule has 0 saturated heterocycles. The van der Waals surface area contributed by atoms with Crippen molar-refractivity contribution in [2.45, 2.75) is 28.1 Å². The van der Waals surface area contributed by atoms with Crippen LogP contribution in [0.25, 0.3) is 10.8 Å². The molecular formula is C30H22Cl3NO3. The molecule has 1 aliphatic heterocycles. The number of nitrogens with zero attached hydrogens (tertiary/aromatic N) is 1. The van der Waals surface area contributed by atoms with E-state index in [1.54, 1.807) is 0 Å². The van der Waals surface area contributed by atoms with Gasteiger partial charge in [0, 0.05) is 24.3 Å². The summed E-state index contributed by atoms with van der Waals surface area (Å²) in [5.41, 5.74) is 0.808. The van der Waals surface area contributed by atoms with Crippen LogP contribution >= 0.6 is 34.8 Å². The van der Waals surface area contributed by atoms with Gasteiger partial charge < -0.3 is 4.74 Å². The van der Waals surface area contributed by atoms with Crippen LogP contribution in [0.2, 0.25) is 0 Å². The smallest absolute Gasteiger partial charge is 0.341 e. The molecule has 4 nitrogen and oxygen atoms in total. The maximum absolute atomic E-state index is 13.8. The van der Waals surface area contributed by atoms with Crippen LogP contribution in [0.1, 0.15) is 29.0 Å². The summed E-state index contributed by atoms with van der Waals surface area (Å²) in [7, 11) is 0. The molecule has 0 N–H and O–H groups in total. The van der Waals surface area contributed by atoms with Gasteiger partial charge in [-0.15, -0.1) is 0 Å². The number of alkyl halides is 3. The molecule has 5 rings (SSSR count). The summed E-state index contributed by atoms with van der Waals surface area (Å²) in [6, 6.07) is 32.4. The number of carbonyl (C=O) groups excluding carboxylic acids is 2. The van der Waals surface area contributed by atoms with Crippen LogP contribution in [0.3, 0.4) is 0 Å². The van der Waals surface area contributed by atoms with Crippen LogP contribution in [0.15, 0.2) is 108 Å². The van der Waals surface area contributed by atoms with Crippen molar-refractivity contribution in [3.05, 3.63) is 120 Å². The molecule has 0 saturated carbocycles. The van der Waals surface area contributed by atoms with Gasteiger partial charge in [0.05, 0.1) is 0 Å². The molecule has 1 aliphatic rings. The van der Waals surface area contributed by atoms with Crippen LogP contribution in [0.4, 0.5) is 0 Å². The minimum atomic E-state index is -2.13. The third-order valence-corrected chi connectivity index (χ3v) is 7.27. The van der Waals surface area contributed by atoms with Gasteiger partial charge >= 0.3 is 5.97 Å². The number of Topliss-reactive ketones (excluding diaryl/α,β-unsaturated/α-hetero) is 1. The van der Waals surface area contributed by atoms with Gasteiger partial charge in [0.25, 0.3) is 0 Å². The fourth-order valence-electron chi connectivity index (χ4n) is 4.78. The molecule has 0 bridgehead atoms. The van der Waals surface area contributed by atoms with E-state index in [1.807, 2.05) is 103 Å². The van der Waals surface area contributed by atoms with E-state index in [0.29, 0.717) is 5.56 Å². The number of carbonyl (C=O) groups is 2. The number of rotatable bonds is 7. The molecule has 0 amide bonds. The number of esters is 1. The number of cyclic esters (lactones) is 1. The Labute approximate surface area is 229 Å². The number of ketones is 1. The Morgan fingerprint density at radius 3 is 2.14 bits per heavy atom. The van der Waals surface area contributed by atoms with Crippen molar-refractivity contribution in [2.75, 3.05) is 0 Å². The van der Waals surface area contributed by atoms with Gasteiger partial charge in [0.15, 0.2) is 11.3 Å². The second kappa shape index (κ2) is 10.3. The normalized spacial score (nSPS) is 18.4. The standard InChI is InChI=1S/C30H22Cl3NO3/c31-30(32,33)26(35)18-25(22-12-5-2-6-13-22)29(19-20-9-3-1-4-10-20)28(36)37-27(34-29)24-16-15-21-11-7-8-14-23(21)17-24/h1-17,25H,18-19H2/t25-,29+/m1/s1. The zero-order chi connectivity index (χ0) is 26.0. The summed E-state index contributed by atoms with van der Waals surface area (Å²) in [6.07, 6.45) is -0.00655. The number of hydrogen-bond acceptors (Lipinski definition) is 4. The first-order chi connectivity index (χ1) is 17.8. The summed E-state index contributed by atoms with van der Waals surface area (Å²) in [6.45, 7) is 0. The van der Waals surface area contributed by atoms with Crippen molar-refractivity contribution in [3.63, 3.8) is 0 Å². The summed E-state index contributed by atoms with van der Waals surface area (Å²) < 4.78 is 3.72. The van der Waals surface area contributed by atoms with Gasteiger partial charge in [-0.2, -0.15) is 0 Å². The van der Waals surface area contributed by atoms with Gasteiger partial charge in [-0.1, -0.05) is 126 Å². The van der Waals surface area contributed by atoms with Crippen LogP contribution in [-0.2, 0) is 20.7 Å². The minimum absolute atomic E-state index is 0.203. The summed E-state index contributed by atoms with van der Waals surface area (Å²) in [5, 5.41) is 2.05. The number of aliphatic imine (C=N–C) groups is 1. The topological polar surface area (TPSA) is 55.7 Å². The molecule has 4 aromatic carbocycles. The van der Waals surface area contributed by atoms with Gasteiger partial charge in [0.2, 0.25) is 9.69 Å². The maximum atomic E-state index is 13.8. The number of ether oxygens (including phenoxy) is 1. The molecule has 0 aliphatic carbocycles. The Bertz CT molecular complexity index is 1480. The monoisotopic (exact) mass is 549 g/mol. The van der Waals surface area contributed by atoms with E-state index in [9.17, 15) is 9.59 Å². The second-order valence-corrected chi connectivity index (χ2v) is 11.3. The molecule has 2 atom stereocenters. The predicted octanol–water partition coefficient (Wildman–Crippen LogP) is 7.24. The fourth-order valence-corrected chi connectivity index (χ4v) is 5.01. The maximum Gasteiger partial charge on any atom is 0.341 e. The number of benzene rings is 4. The molecule has 1 heterocycles. The lowest BCUT2D eigenvalue weighted by molar-refractivity contribution is -0.140. The van der Waals surface area contributed by atoms with Crippen LogP contribution < -0.4 is 0 Å². The first kappa shape index (κ1) is 25.5. The molecule has 37 heavy (non-hydrogen) atoms. The highest BCUT2D eigenvalue weighted by molar-refractivity contribution is 6.76. The average Bonchev–Trinajstić information content (AvgIpc) is 3.23. The third-order valence-electron chi connectivity index (χ3n) is 6.64. The lowest BCUT2D eigenvalue weighted by Crippen LogP contribution is -2.44. The summed E-state index contributed by atoms with van der Waals surface area (Å²) in [4.78, 5) is 31.8. The van der Waals surface area contributed by atoms with Crippen molar-refractivity contribution >= 4 is 63.2 Å². The van der Waals surface area contributed by atoms with Crippen LogP contribution in [0.5, 0.6) is 0 Å². The quantitative estimate of drug-likeness (QED) is 0.180. The Hall–Kier alpha value is -3.18. The van der Waals surface area contributed by atoms with E-state index in [-0.39, 0.29) is 18.7 Å². The van der Waals surface area contributed by atoms with Gasteiger partial charge in [-0.3, -0.25) is 4.79 Å². The molecule has 7 heteroatoms. The second-order valence-electron chi connectivity index (χ2n) is 9.04. The summed E-state index contributed by atoms with van der Waals surface area (Å²) >= 11 is 17.9. The van der Waals surface area contributed by atoms with E-state index in [4.69, 9.17) is 44.5 Å². The van der Waals surface area contributed by atoms with Crippen LogP contribution in [-0.4, -0.2) is 27.0 Å². The van der Waals surface area contributed by atoms with Gasteiger partial charge in [-0.25, -0.2) is 9.79 Å². The fraction of sp³-hybridized carbons (Fsp3) is 0.167. The average molecular weight is 551 g/mol. The highest BCUT2D eigenvalue weighted by Crippen LogP contribution is 2.44. The largest absolute Gasteiger partial charge is 0.405 e. The van der Waals surface area contributed by atoms with Crippen molar-refractivity contribution in [1.82, 2.24) is 0 Å². The Kier molecular flexibility index (Phi) is 7.09. The lowest BCUT2D eigenvalue weighted by Gasteiger charge is -2.32. The van der Waals surface area contributed by atoms with E-state index in [2.05, 4.69) is 0 Å². The van der Waals surface area contributed by atoms with Gasteiger partial charge in [0.1, 0.15) is 0 Å². The lowest BCUT2D eigenvalue weighted by atomic mass is 9.73. The third kappa shape index (κ3) is 5.28. The number of fused-ring (bicyclic) bond motifs is 1. The van der Waals surface area contributed by atoms with E-state index >= 15 is 0 Å². The van der Waals surface area contributed by atoms with Gasteiger partial charge in [-0.05, 0) is 34.0 Å². The van der Waals surface area contributed by atoms with Crippen molar-refractivity contribution < 1.29 is 14.3 Å². The molecular weight excluding hydrogens is 529 g/mol. The first-order valence-electron chi connectivity index (χ1n) is 11.8. The molecule has 0 spiro atoms. The first-order valence-corrected chi connectivity index (χ1v) is 12.9. The molecule has 0 unspecified atom stereocenters. The number of hydrogen-bond donors (Lipinski definition) is 0. The number of halogens is 3. The Balaban J connectivity index is 1.67. The SMILES string of the molecule is O=C(C[C@H](c1ccccc1)[C@]1(Cc2ccccc2)N=C(c2ccc3ccccc3c2)OC1=O)C(Cl)(Cl)Cl. The molecule has 0 radical (unpaired) electrons. The highest BCUT2D eigenvalue weighted by atomic mass is 35.6. The van der Waals surface area contributed by atoms with E-state index in [1.165, 1.54) is 0 Å².